The van der Waals surface area contributed by atoms with Crippen molar-refractivity contribution in [2.75, 3.05) is 0 Å². The van der Waals surface area contributed by atoms with Gasteiger partial charge in [-0.1, -0.05) is 11.6 Å². The SMILES string of the molecule is O=Cc1ccc(Oc2ccc(F)c(Cl)c2)c([N+](=O)[O-])c1. The Hall–Kier alpha value is -2.47. The minimum Gasteiger partial charge on any atom is -0.450 e. The molecule has 2 aromatic rings. The van der Waals surface area contributed by atoms with Crippen LogP contribution in [0.3, 0.4) is 0 Å². The van der Waals surface area contributed by atoms with Gasteiger partial charge in [0.2, 0.25) is 5.75 Å². The molecule has 0 amide bonds. The lowest BCUT2D eigenvalue weighted by atomic mass is 10.2. The van der Waals surface area contributed by atoms with Crippen LogP contribution in [0.2, 0.25) is 5.02 Å². The third kappa shape index (κ3) is 2.92. The van der Waals surface area contributed by atoms with Crippen LogP contribution in [-0.2, 0) is 0 Å². The quantitative estimate of drug-likeness (QED) is 0.486. The molecule has 102 valence electrons. The summed E-state index contributed by atoms with van der Waals surface area (Å²) in [6.07, 6.45) is 0.492. The lowest BCUT2D eigenvalue weighted by Gasteiger charge is -2.07. The van der Waals surface area contributed by atoms with Gasteiger partial charge in [0.15, 0.2) is 0 Å². The lowest BCUT2D eigenvalue weighted by Crippen LogP contribution is -1.95. The lowest BCUT2D eigenvalue weighted by molar-refractivity contribution is -0.385. The first kappa shape index (κ1) is 14.0. The zero-order chi connectivity index (χ0) is 14.7. The average molecular weight is 296 g/mol. The van der Waals surface area contributed by atoms with E-state index in [2.05, 4.69) is 0 Å². The van der Waals surface area contributed by atoms with Crippen LogP contribution in [0.25, 0.3) is 0 Å². The summed E-state index contributed by atoms with van der Waals surface area (Å²) in [7, 11) is 0. The zero-order valence-electron chi connectivity index (χ0n) is 9.88. The molecule has 0 N–H and O–H groups in total. The van der Waals surface area contributed by atoms with E-state index in [-0.39, 0.29) is 27.8 Å². The summed E-state index contributed by atoms with van der Waals surface area (Å²) in [5, 5.41) is 10.8. The van der Waals surface area contributed by atoms with Gasteiger partial charge in [0, 0.05) is 17.7 Å². The molecule has 0 spiro atoms. The Kier molecular flexibility index (Phi) is 3.95. The van der Waals surface area contributed by atoms with Crippen molar-refractivity contribution in [3.05, 3.63) is 62.9 Å². The van der Waals surface area contributed by atoms with Crippen molar-refractivity contribution in [1.29, 1.82) is 0 Å². The number of hydrogen-bond donors (Lipinski definition) is 0. The first-order valence-electron chi connectivity index (χ1n) is 5.38. The van der Waals surface area contributed by atoms with E-state index in [1.165, 1.54) is 24.3 Å². The molecule has 7 heteroatoms. The maximum Gasteiger partial charge on any atom is 0.312 e. The highest BCUT2D eigenvalue weighted by atomic mass is 35.5. The summed E-state index contributed by atoms with van der Waals surface area (Å²) >= 11 is 5.59. The van der Waals surface area contributed by atoms with Gasteiger partial charge in [-0.15, -0.1) is 0 Å². The van der Waals surface area contributed by atoms with Crippen molar-refractivity contribution in [2.24, 2.45) is 0 Å². The number of halogens is 2. The van der Waals surface area contributed by atoms with Crippen LogP contribution in [0.15, 0.2) is 36.4 Å². The van der Waals surface area contributed by atoms with Crippen LogP contribution in [0.4, 0.5) is 10.1 Å². The van der Waals surface area contributed by atoms with Gasteiger partial charge < -0.3 is 4.74 Å². The van der Waals surface area contributed by atoms with Crippen LogP contribution in [0.1, 0.15) is 10.4 Å². The third-order valence-corrected chi connectivity index (χ3v) is 2.72. The van der Waals surface area contributed by atoms with Crippen molar-refractivity contribution in [3.8, 4) is 11.5 Å². The number of nitro groups is 1. The van der Waals surface area contributed by atoms with Crippen LogP contribution in [-0.4, -0.2) is 11.2 Å². The molecule has 0 unspecified atom stereocenters. The minimum absolute atomic E-state index is 0.0664. The zero-order valence-corrected chi connectivity index (χ0v) is 10.6. The normalized spacial score (nSPS) is 10.1. The van der Waals surface area contributed by atoms with E-state index in [1.807, 2.05) is 0 Å². The molecule has 0 saturated carbocycles. The number of aldehydes is 1. The molecule has 0 atom stereocenters. The average Bonchev–Trinajstić information content (AvgIpc) is 2.43. The fourth-order valence-corrected chi connectivity index (χ4v) is 1.67. The number of carbonyl (C=O) groups excluding carboxylic acids is 1. The van der Waals surface area contributed by atoms with E-state index in [4.69, 9.17) is 16.3 Å². The maximum atomic E-state index is 13.0. The van der Waals surface area contributed by atoms with Crippen molar-refractivity contribution in [2.45, 2.75) is 0 Å². The largest absolute Gasteiger partial charge is 0.450 e. The van der Waals surface area contributed by atoms with E-state index in [0.717, 1.165) is 12.1 Å². The second-order valence-corrected chi connectivity index (χ2v) is 4.19. The van der Waals surface area contributed by atoms with Crippen molar-refractivity contribution in [1.82, 2.24) is 0 Å². The Bertz CT molecular complexity index is 690. The Balaban J connectivity index is 2.39. The van der Waals surface area contributed by atoms with Crippen LogP contribution in [0, 0.1) is 15.9 Å². The summed E-state index contributed by atoms with van der Waals surface area (Å²) in [6.45, 7) is 0. The Labute approximate surface area is 117 Å². The molecule has 2 rings (SSSR count). The number of rotatable bonds is 4. The van der Waals surface area contributed by atoms with Gasteiger partial charge in [0.25, 0.3) is 0 Å². The van der Waals surface area contributed by atoms with Gasteiger partial charge in [-0.25, -0.2) is 4.39 Å². The maximum absolute atomic E-state index is 13.0. The number of benzene rings is 2. The van der Waals surface area contributed by atoms with E-state index in [9.17, 15) is 19.3 Å². The molecule has 0 aliphatic heterocycles. The van der Waals surface area contributed by atoms with Gasteiger partial charge >= 0.3 is 5.69 Å². The summed E-state index contributed by atoms with van der Waals surface area (Å²) in [4.78, 5) is 20.9. The Morgan fingerprint density at radius 2 is 2.00 bits per heavy atom. The fraction of sp³-hybridized carbons (Fsp3) is 0. The molecule has 0 aliphatic carbocycles. The molecule has 0 saturated heterocycles. The molecule has 0 fully saturated rings. The highest BCUT2D eigenvalue weighted by Gasteiger charge is 2.17. The van der Waals surface area contributed by atoms with Gasteiger partial charge in [0.1, 0.15) is 17.9 Å². The fourth-order valence-electron chi connectivity index (χ4n) is 1.50. The summed E-state index contributed by atoms with van der Waals surface area (Å²) in [5.74, 6) is -0.536. The molecule has 0 bridgehead atoms. The Morgan fingerprint density at radius 3 is 2.60 bits per heavy atom. The number of carbonyl (C=O) groups is 1. The van der Waals surface area contributed by atoms with Gasteiger partial charge in [-0.3, -0.25) is 14.9 Å². The molecular formula is C13H7ClFNO4. The van der Waals surface area contributed by atoms with Crippen molar-refractivity contribution < 1.29 is 18.8 Å². The first-order chi connectivity index (χ1) is 9.51. The van der Waals surface area contributed by atoms with Gasteiger partial charge in [-0.2, -0.15) is 0 Å². The molecule has 20 heavy (non-hydrogen) atoms. The van der Waals surface area contributed by atoms with Crippen molar-refractivity contribution >= 4 is 23.6 Å². The topological polar surface area (TPSA) is 69.4 Å². The predicted octanol–water partition coefficient (Wildman–Crippen LogP) is 3.99. The predicted molar refractivity (Wildman–Crippen MR) is 70.0 cm³/mol. The number of hydrogen-bond acceptors (Lipinski definition) is 4. The highest BCUT2D eigenvalue weighted by molar-refractivity contribution is 6.30. The third-order valence-electron chi connectivity index (χ3n) is 2.43. The van der Waals surface area contributed by atoms with E-state index >= 15 is 0 Å². The molecule has 0 aliphatic rings. The molecule has 5 nitrogen and oxygen atoms in total. The number of ether oxygens (including phenoxy) is 1. The number of nitrogens with zero attached hydrogens (tertiary/aromatic N) is 1. The standard InChI is InChI=1S/C13H7ClFNO4/c14-10-6-9(2-3-11(10)15)20-13-4-1-8(7-17)5-12(13)16(18)19/h1-7H. The summed E-state index contributed by atoms with van der Waals surface area (Å²) in [6, 6.07) is 7.34. The van der Waals surface area contributed by atoms with Gasteiger partial charge in [0.05, 0.1) is 9.95 Å². The second kappa shape index (κ2) is 5.66. The first-order valence-corrected chi connectivity index (χ1v) is 5.75. The molecule has 0 heterocycles. The molecule has 0 aromatic heterocycles. The summed E-state index contributed by atoms with van der Waals surface area (Å²) < 4.78 is 18.3. The monoisotopic (exact) mass is 295 g/mol. The molecule has 2 aromatic carbocycles. The van der Waals surface area contributed by atoms with Crippen LogP contribution >= 0.6 is 11.6 Å². The van der Waals surface area contributed by atoms with E-state index in [1.54, 1.807) is 0 Å². The molecule has 0 radical (unpaired) electrons. The second-order valence-electron chi connectivity index (χ2n) is 3.78. The number of nitro benzene ring substituents is 1. The summed E-state index contributed by atoms with van der Waals surface area (Å²) in [5.41, 5.74) is -0.212. The van der Waals surface area contributed by atoms with E-state index in [0.29, 0.717) is 6.29 Å². The van der Waals surface area contributed by atoms with Crippen molar-refractivity contribution in [3.63, 3.8) is 0 Å². The highest BCUT2D eigenvalue weighted by Crippen LogP contribution is 2.33. The van der Waals surface area contributed by atoms with Crippen LogP contribution in [0.5, 0.6) is 11.5 Å². The van der Waals surface area contributed by atoms with E-state index < -0.39 is 10.7 Å². The van der Waals surface area contributed by atoms with Gasteiger partial charge in [-0.05, 0) is 24.3 Å². The van der Waals surface area contributed by atoms with Crippen LogP contribution < -0.4 is 4.74 Å². The minimum atomic E-state index is -0.673. The molecular weight excluding hydrogens is 289 g/mol. The Morgan fingerprint density at radius 1 is 1.25 bits per heavy atom. The smallest absolute Gasteiger partial charge is 0.312 e.